The largest absolute Gasteiger partial charge is 0.463 e. The molecule has 3 aliphatic rings. The zero-order valence-electron chi connectivity index (χ0n) is 16.8. The normalized spacial score (nSPS) is 20.1. The number of esters is 1. The number of hydrogen-bond acceptors (Lipinski definition) is 8. The van der Waals surface area contributed by atoms with Crippen molar-refractivity contribution in [2.75, 3.05) is 13.4 Å². The molecule has 2 heterocycles. The third kappa shape index (κ3) is 3.20. The van der Waals surface area contributed by atoms with Crippen LogP contribution in [0.4, 0.5) is 5.69 Å². The Morgan fingerprint density at radius 2 is 2.00 bits per heavy atom. The fourth-order valence-electron chi connectivity index (χ4n) is 4.27. The highest BCUT2D eigenvalue weighted by atomic mass is 16.7. The van der Waals surface area contributed by atoms with Crippen LogP contribution in [0.2, 0.25) is 0 Å². The maximum Gasteiger partial charge on any atom is 0.336 e. The summed E-state index contributed by atoms with van der Waals surface area (Å²) in [7, 11) is 0. The Bertz CT molecular complexity index is 1010. The highest BCUT2D eigenvalue weighted by Crippen LogP contribution is 2.49. The zero-order chi connectivity index (χ0) is 21.4. The quantitative estimate of drug-likeness (QED) is 0.443. The summed E-state index contributed by atoms with van der Waals surface area (Å²) in [4.78, 5) is 37.3. The van der Waals surface area contributed by atoms with Crippen LogP contribution >= 0.6 is 0 Å². The number of nitrogens with zero attached hydrogens (tertiary/aromatic N) is 1. The molecule has 0 fully saturated rings. The van der Waals surface area contributed by atoms with Crippen LogP contribution in [0.5, 0.6) is 11.5 Å². The standard InChI is InChI=1S/C21H22N2O7/c1-3-12-20(21(25)28-4-2)18(19-13(22-12)6-5-7-15(19)24)11-8-16-17(30-10-29-16)9-14(11)23(26)27/h8-9,18,22H,3-7,10H2,1-2H3/t18-/m0/s1. The summed E-state index contributed by atoms with van der Waals surface area (Å²) < 4.78 is 16.0. The van der Waals surface area contributed by atoms with Crippen molar-refractivity contribution in [3.63, 3.8) is 0 Å². The number of ether oxygens (including phenoxy) is 3. The fourth-order valence-corrected chi connectivity index (χ4v) is 4.27. The average Bonchev–Trinajstić information content (AvgIpc) is 3.19. The van der Waals surface area contributed by atoms with Gasteiger partial charge in [-0.1, -0.05) is 6.92 Å². The van der Waals surface area contributed by atoms with Gasteiger partial charge in [0, 0.05) is 29.0 Å². The molecule has 9 nitrogen and oxygen atoms in total. The van der Waals surface area contributed by atoms with Crippen molar-refractivity contribution in [3.8, 4) is 11.5 Å². The first-order valence-electron chi connectivity index (χ1n) is 9.97. The zero-order valence-corrected chi connectivity index (χ0v) is 16.8. The van der Waals surface area contributed by atoms with Crippen molar-refractivity contribution in [1.29, 1.82) is 0 Å². The maximum absolute atomic E-state index is 13.0. The van der Waals surface area contributed by atoms with Crippen LogP contribution in [-0.2, 0) is 14.3 Å². The van der Waals surface area contributed by atoms with E-state index in [-0.39, 0.29) is 41.8 Å². The summed E-state index contributed by atoms with van der Waals surface area (Å²) in [6, 6.07) is 2.80. The Kier molecular flexibility index (Phi) is 5.19. The van der Waals surface area contributed by atoms with Gasteiger partial charge in [-0.05, 0) is 32.3 Å². The number of allylic oxidation sites excluding steroid dienone is 3. The van der Waals surface area contributed by atoms with Gasteiger partial charge in [0.15, 0.2) is 17.3 Å². The van der Waals surface area contributed by atoms with E-state index in [9.17, 15) is 19.7 Å². The molecule has 0 unspecified atom stereocenters. The number of Topliss-reactive ketones (excluding diaryl/α,β-unsaturated/α-hetero) is 1. The van der Waals surface area contributed by atoms with Gasteiger partial charge in [0.2, 0.25) is 6.79 Å². The molecule has 1 atom stereocenters. The minimum absolute atomic E-state index is 0.0458. The number of rotatable bonds is 5. The number of nitro groups is 1. The first-order chi connectivity index (χ1) is 14.5. The smallest absolute Gasteiger partial charge is 0.336 e. The Morgan fingerprint density at radius 3 is 2.67 bits per heavy atom. The van der Waals surface area contributed by atoms with Gasteiger partial charge in [-0.3, -0.25) is 14.9 Å². The van der Waals surface area contributed by atoms with E-state index in [1.165, 1.54) is 12.1 Å². The van der Waals surface area contributed by atoms with Gasteiger partial charge in [0.25, 0.3) is 5.69 Å². The summed E-state index contributed by atoms with van der Waals surface area (Å²) in [6.45, 7) is 3.67. The number of carbonyl (C=O) groups excluding carboxylic acids is 2. The number of nitro benzene ring substituents is 1. The van der Waals surface area contributed by atoms with Crippen LogP contribution in [0.25, 0.3) is 0 Å². The third-order valence-corrected chi connectivity index (χ3v) is 5.54. The number of hydrogen-bond donors (Lipinski definition) is 1. The van der Waals surface area contributed by atoms with Crippen LogP contribution in [0.1, 0.15) is 51.0 Å². The first kappa shape index (κ1) is 19.9. The molecule has 2 aliphatic heterocycles. The molecule has 0 aromatic heterocycles. The number of dihydropyridines is 1. The summed E-state index contributed by atoms with van der Waals surface area (Å²) in [5.41, 5.74) is 1.95. The van der Waals surface area contributed by atoms with Crippen molar-refractivity contribution in [1.82, 2.24) is 5.32 Å². The Hall–Kier alpha value is -3.36. The Morgan fingerprint density at radius 1 is 1.27 bits per heavy atom. The lowest BCUT2D eigenvalue weighted by Gasteiger charge is -2.34. The second-order valence-corrected chi connectivity index (χ2v) is 7.21. The lowest BCUT2D eigenvalue weighted by molar-refractivity contribution is -0.385. The molecule has 0 saturated carbocycles. The van der Waals surface area contributed by atoms with Crippen molar-refractivity contribution in [3.05, 3.63) is 50.4 Å². The van der Waals surface area contributed by atoms with Crippen LogP contribution in [-0.4, -0.2) is 30.1 Å². The molecule has 1 aliphatic carbocycles. The maximum atomic E-state index is 13.0. The van der Waals surface area contributed by atoms with Gasteiger partial charge < -0.3 is 19.5 Å². The number of fused-ring (bicyclic) bond motifs is 1. The van der Waals surface area contributed by atoms with Gasteiger partial charge in [0.05, 0.1) is 29.1 Å². The van der Waals surface area contributed by atoms with Crippen molar-refractivity contribution < 1.29 is 28.7 Å². The molecule has 1 N–H and O–H groups in total. The van der Waals surface area contributed by atoms with E-state index in [4.69, 9.17) is 14.2 Å². The number of nitrogens with one attached hydrogen (secondary N) is 1. The van der Waals surface area contributed by atoms with Crippen LogP contribution in [0.3, 0.4) is 0 Å². The van der Waals surface area contributed by atoms with E-state index in [0.29, 0.717) is 48.4 Å². The van der Waals surface area contributed by atoms with E-state index < -0.39 is 16.8 Å². The van der Waals surface area contributed by atoms with E-state index >= 15 is 0 Å². The van der Waals surface area contributed by atoms with Crippen LogP contribution in [0, 0.1) is 10.1 Å². The molecule has 0 amide bonds. The molecular weight excluding hydrogens is 392 g/mol. The predicted molar refractivity (Wildman–Crippen MR) is 105 cm³/mol. The SMILES string of the molecule is CCOC(=O)C1=C(CC)NC2=C(C(=O)CCC2)[C@@H]1c1cc2c(cc1[N+](=O)[O-])OCO2. The Labute approximate surface area is 172 Å². The molecule has 0 bridgehead atoms. The second-order valence-electron chi connectivity index (χ2n) is 7.21. The molecule has 0 radical (unpaired) electrons. The highest BCUT2D eigenvalue weighted by molar-refractivity contribution is 6.04. The summed E-state index contributed by atoms with van der Waals surface area (Å²) in [5.74, 6) is -1.01. The molecule has 9 heteroatoms. The number of benzene rings is 1. The van der Waals surface area contributed by atoms with E-state index in [1.807, 2.05) is 6.92 Å². The van der Waals surface area contributed by atoms with Crippen LogP contribution in [0.15, 0.2) is 34.7 Å². The van der Waals surface area contributed by atoms with E-state index in [1.54, 1.807) is 6.92 Å². The molecular formula is C21H22N2O7. The number of ketones is 1. The van der Waals surface area contributed by atoms with Gasteiger partial charge in [-0.15, -0.1) is 0 Å². The van der Waals surface area contributed by atoms with Crippen molar-refractivity contribution in [2.24, 2.45) is 0 Å². The molecule has 0 saturated heterocycles. The van der Waals surface area contributed by atoms with Crippen LogP contribution < -0.4 is 14.8 Å². The molecule has 4 rings (SSSR count). The summed E-state index contributed by atoms with van der Waals surface area (Å²) >= 11 is 0. The topological polar surface area (TPSA) is 117 Å². The summed E-state index contributed by atoms with van der Waals surface area (Å²) in [5, 5.41) is 15.2. The van der Waals surface area contributed by atoms with Gasteiger partial charge in [0.1, 0.15) is 0 Å². The predicted octanol–water partition coefficient (Wildman–Crippen LogP) is 3.24. The minimum Gasteiger partial charge on any atom is -0.463 e. The monoisotopic (exact) mass is 414 g/mol. The van der Waals surface area contributed by atoms with E-state index in [2.05, 4.69) is 5.32 Å². The Balaban J connectivity index is 1.99. The lowest BCUT2D eigenvalue weighted by Crippen LogP contribution is -2.35. The van der Waals surface area contributed by atoms with E-state index in [0.717, 1.165) is 0 Å². The van der Waals surface area contributed by atoms with Gasteiger partial charge >= 0.3 is 5.97 Å². The molecule has 30 heavy (non-hydrogen) atoms. The third-order valence-electron chi connectivity index (χ3n) is 5.54. The van der Waals surface area contributed by atoms with Crippen molar-refractivity contribution in [2.45, 2.75) is 45.4 Å². The average molecular weight is 414 g/mol. The minimum atomic E-state index is -0.905. The molecule has 1 aromatic carbocycles. The fraction of sp³-hybridized carbons (Fsp3) is 0.429. The van der Waals surface area contributed by atoms with Gasteiger partial charge in [-0.25, -0.2) is 4.79 Å². The van der Waals surface area contributed by atoms with Crippen molar-refractivity contribution >= 4 is 17.4 Å². The lowest BCUT2D eigenvalue weighted by atomic mass is 9.74. The molecule has 1 aromatic rings. The summed E-state index contributed by atoms with van der Waals surface area (Å²) in [6.07, 6.45) is 2.13. The molecule has 0 spiro atoms. The highest BCUT2D eigenvalue weighted by Gasteiger charge is 2.43. The number of carbonyl (C=O) groups is 2. The second kappa shape index (κ2) is 7.81. The van der Waals surface area contributed by atoms with Gasteiger partial charge in [-0.2, -0.15) is 0 Å². The molecule has 158 valence electrons. The first-order valence-corrected chi connectivity index (χ1v) is 9.97.